The third-order valence-electron chi connectivity index (χ3n) is 7.48. The number of rotatable bonds is 7. The van der Waals surface area contributed by atoms with E-state index in [0.717, 1.165) is 71.7 Å². The Hall–Kier alpha value is -3.78. The first kappa shape index (κ1) is 27.3. The number of anilines is 2. The van der Waals surface area contributed by atoms with Gasteiger partial charge >= 0.3 is 5.97 Å². The third kappa shape index (κ3) is 5.70. The second kappa shape index (κ2) is 11.7. The van der Waals surface area contributed by atoms with Crippen LogP contribution in [0.25, 0.3) is 0 Å². The quantitative estimate of drug-likeness (QED) is 0.290. The van der Waals surface area contributed by atoms with Crippen LogP contribution < -0.4 is 16.8 Å². The second-order valence-electron chi connectivity index (χ2n) is 10.2. The van der Waals surface area contributed by atoms with Crippen LogP contribution in [0.1, 0.15) is 46.7 Å². The number of methoxy groups -OCH3 is 1. The number of carbonyl (C=O) groups excluding carboxylic acids is 1. The molecule has 2 heterocycles. The summed E-state index contributed by atoms with van der Waals surface area (Å²) in [6.45, 7) is 6.61. The molecule has 1 unspecified atom stereocenters. The number of nitrogens with zero attached hydrogens (tertiary/aromatic N) is 3. The monoisotopic (exact) mass is 516 g/mol. The minimum atomic E-state index is -0.378. The first-order valence-electron chi connectivity index (χ1n) is 13.1. The SMILES string of the molecule is CN=Cc1c(N)cccc1C(N)c1cc(C)cc(C)c1NC1=CC=C(N2CCC(C(=O)OC)CC2)N(C)C1. The average molecular weight is 517 g/mol. The molecule has 0 spiro atoms. The number of piperidine rings is 1. The molecule has 2 aromatic carbocycles. The number of nitrogens with one attached hydrogen (secondary N) is 1. The maximum absolute atomic E-state index is 11.9. The normalized spacial score (nSPS) is 17.3. The molecule has 0 saturated carbocycles. The number of ether oxygens (including phenoxy) is 1. The molecule has 0 amide bonds. The van der Waals surface area contributed by atoms with Gasteiger partial charge in [-0.05, 0) is 61.6 Å². The van der Waals surface area contributed by atoms with Crippen LogP contribution in [0.15, 0.2) is 59.0 Å². The predicted octanol–water partition coefficient (Wildman–Crippen LogP) is 3.95. The van der Waals surface area contributed by atoms with Crippen LogP contribution in [0.2, 0.25) is 0 Å². The zero-order valence-corrected chi connectivity index (χ0v) is 23.1. The largest absolute Gasteiger partial charge is 0.469 e. The van der Waals surface area contributed by atoms with Crippen LogP contribution in [-0.2, 0) is 9.53 Å². The van der Waals surface area contributed by atoms with Gasteiger partial charge in [0.2, 0.25) is 0 Å². The number of hydrogen-bond acceptors (Lipinski definition) is 8. The van der Waals surface area contributed by atoms with E-state index in [2.05, 4.69) is 65.3 Å². The van der Waals surface area contributed by atoms with Crippen molar-refractivity contribution in [2.45, 2.75) is 32.7 Å². The molecule has 1 fully saturated rings. The number of nitrogen functional groups attached to an aromatic ring is 1. The molecule has 202 valence electrons. The molecule has 38 heavy (non-hydrogen) atoms. The van der Waals surface area contributed by atoms with E-state index in [1.807, 2.05) is 18.2 Å². The zero-order valence-electron chi connectivity index (χ0n) is 23.1. The minimum Gasteiger partial charge on any atom is -0.469 e. The van der Waals surface area contributed by atoms with E-state index in [1.54, 1.807) is 13.3 Å². The van der Waals surface area contributed by atoms with E-state index in [9.17, 15) is 4.79 Å². The fraction of sp³-hybridized carbons (Fsp3) is 0.400. The summed E-state index contributed by atoms with van der Waals surface area (Å²) in [4.78, 5) is 20.7. The van der Waals surface area contributed by atoms with Gasteiger partial charge in [0.1, 0.15) is 5.82 Å². The van der Waals surface area contributed by atoms with Crippen molar-refractivity contribution in [2.24, 2.45) is 16.6 Å². The van der Waals surface area contributed by atoms with Crippen molar-refractivity contribution in [3.05, 3.63) is 81.8 Å². The van der Waals surface area contributed by atoms with Crippen molar-refractivity contribution in [3.63, 3.8) is 0 Å². The summed E-state index contributed by atoms with van der Waals surface area (Å²) in [6.07, 6.45) is 7.70. The lowest BCUT2D eigenvalue weighted by molar-refractivity contribution is -0.146. The predicted molar refractivity (Wildman–Crippen MR) is 155 cm³/mol. The summed E-state index contributed by atoms with van der Waals surface area (Å²) >= 11 is 0. The van der Waals surface area contributed by atoms with Crippen LogP contribution in [0.3, 0.4) is 0 Å². The molecule has 1 saturated heterocycles. The maximum atomic E-state index is 11.9. The minimum absolute atomic E-state index is 0.00487. The standard InChI is InChI=1S/C30H40N6O2/c1-19-15-20(2)29(24(16-19)28(32)23-7-6-8-26(31)25(23)17-33-3)34-22-9-10-27(35(4)18-22)36-13-11-21(12-14-36)30(37)38-5/h6-10,15-17,21,28,34H,11-14,18,31-32H2,1-5H3. The Labute approximate surface area is 226 Å². The maximum Gasteiger partial charge on any atom is 0.308 e. The second-order valence-corrected chi connectivity index (χ2v) is 10.2. The van der Waals surface area contributed by atoms with Crippen LogP contribution in [0.5, 0.6) is 0 Å². The van der Waals surface area contributed by atoms with Gasteiger partial charge in [0, 0.05) is 56.0 Å². The van der Waals surface area contributed by atoms with Crippen molar-refractivity contribution >= 4 is 23.6 Å². The highest BCUT2D eigenvalue weighted by Crippen LogP contribution is 2.34. The summed E-state index contributed by atoms with van der Waals surface area (Å²) in [5.41, 5.74) is 21.0. The molecule has 5 N–H and O–H groups in total. The zero-order chi connectivity index (χ0) is 27.4. The summed E-state index contributed by atoms with van der Waals surface area (Å²) < 4.78 is 4.94. The van der Waals surface area contributed by atoms with Crippen LogP contribution >= 0.6 is 0 Å². The smallest absolute Gasteiger partial charge is 0.308 e. The molecular weight excluding hydrogens is 476 g/mol. The Kier molecular flexibility index (Phi) is 8.42. The molecule has 1 atom stereocenters. The van der Waals surface area contributed by atoms with Gasteiger partial charge < -0.3 is 31.3 Å². The lowest BCUT2D eigenvalue weighted by Gasteiger charge is -2.39. The summed E-state index contributed by atoms with van der Waals surface area (Å²) in [7, 11) is 5.30. The van der Waals surface area contributed by atoms with E-state index >= 15 is 0 Å². The van der Waals surface area contributed by atoms with Gasteiger partial charge in [-0.25, -0.2) is 0 Å². The molecule has 4 rings (SSSR count). The Morgan fingerprint density at radius 1 is 1.18 bits per heavy atom. The Balaban J connectivity index is 1.59. The molecule has 0 bridgehead atoms. The topological polar surface area (TPSA) is 109 Å². The van der Waals surface area contributed by atoms with Crippen molar-refractivity contribution < 1.29 is 9.53 Å². The number of likely N-dealkylation sites (N-methyl/N-ethyl adjacent to an activating group) is 1. The number of esters is 1. The number of aliphatic imine (C=N–C) groups is 1. The number of allylic oxidation sites excluding steroid dienone is 2. The Bertz CT molecular complexity index is 1270. The molecular formula is C30H40N6O2. The molecule has 0 aromatic heterocycles. The third-order valence-corrected chi connectivity index (χ3v) is 7.48. The Morgan fingerprint density at radius 3 is 2.58 bits per heavy atom. The van der Waals surface area contributed by atoms with Crippen molar-refractivity contribution in [1.82, 2.24) is 9.80 Å². The van der Waals surface area contributed by atoms with Gasteiger partial charge in [-0.1, -0.05) is 29.8 Å². The van der Waals surface area contributed by atoms with E-state index in [-0.39, 0.29) is 17.9 Å². The first-order chi connectivity index (χ1) is 18.2. The highest BCUT2D eigenvalue weighted by molar-refractivity contribution is 5.89. The lowest BCUT2D eigenvalue weighted by Crippen LogP contribution is -2.42. The highest BCUT2D eigenvalue weighted by atomic mass is 16.5. The molecule has 2 aliphatic rings. The van der Waals surface area contributed by atoms with Crippen molar-refractivity contribution in [2.75, 3.05) is 51.9 Å². The number of nitrogens with two attached hydrogens (primary N) is 2. The van der Waals surface area contributed by atoms with Crippen molar-refractivity contribution in [3.8, 4) is 0 Å². The molecule has 8 nitrogen and oxygen atoms in total. The lowest BCUT2D eigenvalue weighted by atomic mass is 9.90. The summed E-state index contributed by atoms with van der Waals surface area (Å²) in [5.74, 6) is 1.06. The molecule has 2 aromatic rings. The average Bonchev–Trinajstić information content (AvgIpc) is 2.90. The van der Waals surface area contributed by atoms with Gasteiger partial charge in [0.05, 0.1) is 25.6 Å². The molecule has 0 aliphatic carbocycles. The van der Waals surface area contributed by atoms with Crippen LogP contribution in [0.4, 0.5) is 11.4 Å². The van der Waals surface area contributed by atoms with Crippen LogP contribution in [-0.4, -0.2) is 62.8 Å². The van der Waals surface area contributed by atoms with E-state index in [4.69, 9.17) is 16.2 Å². The number of likely N-dealkylation sites (tertiary alicyclic amines) is 1. The van der Waals surface area contributed by atoms with Crippen molar-refractivity contribution in [1.29, 1.82) is 0 Å². The Morgan fingerprint density at radius 2 is 1.92 bits per heavy atom. The summed E-state index contributed by atoms with van der Waals surface area (Å²) in [6, 6.07) is 9.77. The van der Waals surface area contributed by atoms with Gasteiger partial charge in [0.25, 0.3) is 0 Å². The fourth-order valence-electron chi connectivity index (χ4n) is 5.53. The summed E-state index contributed by atoms with van der Waals surface area (Å²) in [5, 5.41) is 3.70. The number of benzene rings is 2. The van der Waals surface area contributed by atoms with Gasteiger partial charge in [-0.2, -0.15) is 0 Å². The number of hydrogen-bond donors (Lipinski definition) is 3. The van der Waals surface area contributed by atoms with E-state index in [1.165, 1.54) is 12.9 Å². The molecule has 2 aliphatic heterocycles. The first-order valence-corrected chi connectivity index (χ1v) is 13.1. The van der Waals surface area contributed by atoms with E-state index in [0.29, 0.717) is 5.69 Å². The van der Waals surface area contributed by atoms with Gasteiger partial charge in [-0.15, -0.1) is 0 Å². The van der Waals surface area contributed by atoms with E-state index < -0.39 is 0 Å². The highest BCUT2D eigenvalue weighted by Gasteiger charge is 2.28. The van der Waals surface area contributed by atoms with Crippen LogP contribution in [0, 0.1) is 19.8 Å². The fourth-order valence-corrected chi connectivity index (χ4v) is 5.53. The number of aryl methyl sites for hydroxylation is 2. The molecule has 0 radical (unpaired) electrons. The molecule has 8 heteroatoms. The van der Waals surface area contributed by atoms with Gasteiger partial charge in [0.15, 0.2) is 0 Å². The number of carbonyl (C=O) groups is 1. The van der Waals surface area contributed by atoms with Gasteiger partial charge in [-0.3, -0.25) is 9.79 Å².